The standard InChI is InChI=1S/C10H19NO2/c1-9(2)7-10(3,4-5-13-9)6-8(11)12/h4-7H2,1-3H3,(H2,11,12). The van der Waals surface area contributed by atoms with Crippen LogP contribution >= 0.6 is 0 Å². The Morgan fingerprint density at radius 3 is 2.54 bits per heavy atom. The summed E-state index contributed by atoms with van der Waals surface area (Å²) in [5, 5.41) is 0. The molecule has 1 saturated heterocycles. The molecule has 76 valence electrons. The van der Waals surface area contributed by atoms with E-state index in [9.17, 15) is 4.79 Å². The number of primary amides is 1. The van der Waals surface area contributed by atoms with Gasteiger partial charge in [0.25, 0.3) is 0 Å². The largest absolute Gasteiger partial charge is 0.376 e. The van der Waals surface area contributed by atoms with E-state index in [1.807, 2.05) is 0 Å². The van der Waals surface area contributed by atoms with Crippen molar-refractivity contribution in [1.29, 1.82) is 0 Å². The Morgan fingerprint density at radius 2 is 2.08 bits per heavy atom. The van der Waals surface area contributed by atoms with Crippen molar-refractivity contribution in [2.45, 2.75) is 45.6 Å². The maximum atomic E-state index is 10.9. The van der Waals surface area contributed by atoms with Crippen molar-refractivity contribution >= 4 is 5.91 Å². The Labute approximate surface area is 79.6 Å². The summed E-state index contributed by atoms with van der Waals surface area (Å²) < 4.78 is 5.59. The first kappa shape index (κ1) is 10.5. The Kier molecular flexibility index (Phi) is 2.66. The van der Waals surface area contributed by atoms with Gasteiger partial charge in [0.2, 0.25) is 5.91 Å². The topological polar surface area (TPSA) is 52.3 Å². The summed E-state index contributed by atoms with van der Waals surface area (Å²) in [6, 6.07) is 0. The highest BCUT2D eigenvalue weighted by Crippen LogP contribution is 2.40. The second-order valence-corrected chi connectivity index (χ2v) is 4.99. The third-order valence-electron chi connectivity index (χ3n) is 2.65. The van der Waals surface area contributed by atoms with Gasteiger partial charge in [-0.15, -0.1) is 0 Å². The van der Waals surface area contributed by atoms with Gasteiger partial charge in [-0.05, 0) is 32.1 Å². The first-order valence-electron chi connectivity index (χ1n) is 4.75. The van der Waals surface area contributed by atoms with Crippen LogP contribution in [0.15, 0.2) is 0 Å². The molecule has 1 aliphatic rings. The van der Waals surface area contributed by atoms with E-state index in [0.29, 0.717) is 6.42 Å². The minimum atomic E-state index is -0.208. The van der Waals surface area contributed by atoms with Gasteiger partial charge in [-0.2, -0.15) is 0 Å². The zero-order chi connectivity index (χ0) is 10.1. The van der Waals surface area contributed by atoms with E-state index in [0.717, 1.165) is 19.4 Å². The highest BCUT2D eigenvalue weighted by molar-refractivity contribution is 5.74. The lowest BCUT2D eigenvalue weighted by Crippen LogP contribution is -2.41. The number of amides is 1. The molecule has 0 bridgehead atoms. The summed E-state index contributed by atoms with van der Waals surface area (Å²) in [6.07, 6.45) is 2.31. The lowest BCUT2D eigenvalue weighted by atomic mass is 9.73. The first-order chi connectivity index (χ1) is 5.83. The fourth-order valence-corrected chi connectivity index (χ4v) is 2.31. The Hall–Kier alpha value is -0.570. The van der Waals surface area contributed by atoms with Crippen LogP contribution in [0.1, 0.15) is 40.0 Å². The zero-order valence-electron chi connectivity index (χ0n) is 8.72. The quantitative estimate of drug-likeness (QED) is 0.708. The van der Waals surface area contributed by atoms with E-state index in [1.54, 1.807) is 0 Å². The molecule has 3 nitrogen and oxygen atoms in total. The van der Waals surface area contributed by atoms with Crippen LogP contribution in [0.2, 0.25) is 0 Å². The summed E-state index contributed by atoms with van der Waals surface area (Å²) >= 11 is 0. The summed E-state index contributed by atoms with van der Waals surface area (Å²) in [6.45, 7) is 6.97. The third kappa shape index (κ3) is 2.99. The van der Waals surface area contributed by atoms with Gasteiger partial charge < -0.3 is 10.5 Å². The van der Waals surface area contributed by atoms with Crippen molar-refractivity contribution < 1.29 is 9.53 Å². The fraction of sp³-hybridized carbons (Fsp3) is 0.900. The number of rotatable bonds is 2. The van der Waals surface area contributed by atoms with Gasteiger partial charge in [0, 0.05) is 13.0 Å². The molecule has 1 heterocycles. The molecular weight excluding hydrogens is 166 g/mol. The minimum absolute atomic E-state index is 0.0353. The molecule has 0 radical (unpaired) electrons. The molecule has 1 amide bonds. The predicted octanol–water partition coefficient (Wildman–Crippen LogP) is 1.46. The van der Waals surface area contributed by atoms with Gasteiger partial charge in [0.05, 0.1) is 5.60 Å². The van der Waals surface area contributed by atoms with Crippen molar-refractivity contribution in [3.63, 3.8) is 0 Å². The van der Waals surface area contributed by atoms with Crippen LogP contribution in [0.3, 0.4) is 0 Å². The third-order valence-corrected chi connectivity index (χ3v) is 2.65. The molecular formula is C10H19NO2. The lowest BCUT2D eigenvalue weighted by molar-refractivity contribution is -0.128. The number of carbonyl (C=O) groups excluding carboxylic acids is 1. The molecule has 1 aliphatic heterocycles. The van der Waals surface area contributed by atoms with Gasteiger partial charge in [0.1, 0.15) is 0 Å². The van der Waals surface area contributed by atoms with Crippen LogP contribution in [0.4, 0.5) is 0 Å². The average Bonchev–Trinajstić information content (AvgIpc) is 1.79. The monoisotopic (exact) mass is 185 g/mol. The molecule has 2 N–H and O–H groups in total. The molecule has 1 unspecified atom stereocenters. The molecule has 3 heteroatoms. The Morgan fingerprint density at radius 1 is 1.46 bits per heavy atom. The van der Waals surface area contributed by atoms with Crippen LogP contribution in [-0.2, 0) is 9.53 Å². The van der Waals surface area contributed by atoms with Crippen molar-refractivity contribution in [2.24, 2.45) is 11.1 Å². The van der Waals surface area contributed by atoms with Crippen LogP contribution < -0.4 is 5.73 Å². The molecule has 1 fully saturated rings. The highest BCUT2D eigenvalue weighted by atomic mass is 16.5. The van der Waals surface area contributed by atoms with Crippen LogP contribution in [-0.4, -0.2) is 18.1 Å². The van der Waals surface area contributed by atoms with E-state index in [1.165, 1.54) is 0 Å². The van der Waals surface area contributed by atoms with Gasteiger partial charge in [-0.25, -0.2) is 0 Å². The summed E-state index contributed by atoms with van der Waals surface area (Å²) in [5.41, 5.74) is 5.14. The summed E-state index contributed by atoms with van der Waals surface area (Å²) in [7, 11) is 0. The van der Waals surface area contributed by atoms with Gasteiger partial charge in [0.15, 0.2) is 0 Å². The number of hydrogen-bond acceptors (Lipinski definition) is 2. The minimum Gasteiger partial charge on any atom is -0.376 e. The van der Waals surface area contributed by atoms with Crippen molar-refractivity contribution in [2.75, 3.05) is 6.61 Å². The molecule has 0 aromatic heterocycles. The normalized spacial score (nSPS) is 32.8. The summed E-state index contributed by atoms with van der Waals surface area (Å²) in [5.74, 6) is -0.208. The van der Waals surface area contributed by atoms with E-state index >= 15 is 0 Å². The van der Waals surface area contributed by atoms with Crippen LogP contribution in [0, 0.1) is 5.41 Å². The maximum Gasteiger partial charge on any atom is 0.217 e. The zero-order valence-corrected chi connectivity index (χ0v) is 8.72. The Bertz CT molecular complexity index is 213. The molecule has 0 saturated carbocycles. The van der Waals surface area contributed by atoms with E-state index < -0.39 is 0 Å². The van der Waals surface area contributed by atoms with Crippen LogP contribution in [0.25, 0.3) is 0 Å². The summed E-state index contributed by atoms with van der Waals surface area (Å²) in [4.78, 5) is 10.9. The number of ether oxygens (including phenoxy) is 1. The molecule has 0 aliphatic carbocycles. The smallest absolute Gasteiger partial charge is 0.217 e. The molecule has 13 heavy (non-hydrogen) atoms. The maximum absolute atomic E-state index is 10.9. The first-order valence-corrected chi connectivity index (χ1v) is 4.75. The van der Waals surface area contributed by atoms with Gasteiger partial charge in [-0.3, -0.25) is 4.79 Å². The molecule has 0 spiro atoms. The van der Waals surface area contributed by atoms with Crippen molar-refractivity contribution in [3.05, 3.63) is 0 Å². The van der Waals surface area contributed by atoms with Crippen molar-refractivity contribution in [1.82, 2.24) is 0 Å². The van der Waals surface area contributed by atoms with E-state index in [-0.39, 0.29) is 16.9 Å². The van der Waals surface area contributed by atoms with Crippen molar-refractivity contribution in [3.8, 4) is 0 Å². The number of carbonyl (C=O) groups is 1. The molecule has 1 atom stereocenters. The number of nitrogens with two attached hydrogens (primary N) is 1. The fourth-order valence-electron chi connectivity index (χ4n) is 2.31. The van der Waals surface area contributed by atoms with E-state index in [4.69, 9.17) is 10.5 Å². The number of hydrogen-bond donors (Lipinski definition) is 1. The molecule has 1 rings (SSSR count). The van der Waals surface area contributed by atoms with Gasteiger partial charge in [-0.1, -0.05) is 6.92 Å². The van der Waals surface area contributed by atoms with Gasteiger partial charge >= 0.3 is 0 Å². The second kappa shape index (κ2) is 3.29. The lowest BCUT2D eigenvalue weighted by Gasteiger charge is -2.42. The molecule has 0 aromatic carbocycles. The SMILES string of the molecule is CC1(CC(N)=O)CCOC(C)(C)C1. The Balaban J connectivity index is 2.63. The second-order valence-electron chi connectivity index (χ2n) is 4.99. The average molecular weight is 185 g/mol. The van der Waals surface area contributed by atoms with Crippen LogP contribution in [0.5, 0.6) is 0 Å². The van der Waals surface area contributed by atoms with E-state index in [2.05, 4.69) is 20.8 Å². The molecule has 0 aromatic rings. The predicted molar refractivity (Wildman–Crippen MR) is 51.2 cm³/mol. The highest BCUT2D eigenvalue weighted by Gasteiger charge is 2.38.